The number of amides is 1. The largest absolute Gasteiger partial charge is 0.343 e. The molecule has 0 radical (unpaired) electrons. The summed E-state index contributed by atoms with van der Waals surface area (Å²) in [7, 11) is 0. The lowest BCUT2D eigenvalue weighted by Crippen LogP contribution is -2.43. The summed E-state index contributed by atoms with van der Waals surface area (Å²) in [5.74, 6) is -0.661. The molecule has 2 nitrogen and oxygen atoms in total. The monoisotopic (exact) mass is 397 g/mol. The molecule has 1 unspecified atom stereocenters. The summed E-state index contributed by atoms with van der Waals surface area (Å²) >= 11 is 2.04. The molecule has 0 heterocycles. The standard InChI is InChI=1S/C17H17FINO/c1-3-17(2,12-7-5-4-6-8-12)20-16(21)14-11-13(18)9-10-15(14)19/h4-11H,3H2,1-2H3,(H,20,21). The predicted molar refractivity (Wildman–Crippen MR) is 90.7 cm³/mol. The second-order valence-electron chi connectivity index (χ2n) is 5.13. The van der Waals surface area contributed by atoms with Crippen LogP contribution in [-0.4, -0.2) is 5.91 Å². The van der Waals surface area contributed by atoms with Gasteiger partial charge < -0.3 is 5.32 Å². The molecular weight excluding hydrogens is 380 g/mol. The van der Waals surface area contributed by atoms with Crippen molar-refractivity contribution >= 4 is 28.5 Å². The Morgan fingerprint density at radius 2 is 1.90 bits per heavy atom. The normalized spacial score (nSPS) is 13.5. The number of carbonyl (C=O) groups is 1. The molecule has 4 heteroatoms. The van der Waals surface area contributed by atoms with E-state index in [1.54, 1.807) is 6.07 Å². The van der Waals surface area contributed by atoms with Gasteiger partial charge in [0.1, 0.15) is 5.82 Å². The fourth-order valence-corrected chi connectivity index (χ4v) is 2.74. The molecule has 1 atom stereocenters. The molecule has 0 bridgehead atoms. The van der Waals surface area contributed by atoms with Gasteiger partial charge in [-0.05, 0) is 59.7 Å². The first-order valence-corrected chi connectivity index (χ1v) is 7.87. The maximum Gasteiger partial charge on any atom is 0.253 e. The maximum atomic E-state index is 13.4. The molecule has 0 aliphatic carbocycles. The number of carbonyl (C=O) groups excluding carboxylic acids is 1. The molecule has 0 aromatic heterocycles. The Bertz CT molecular complexity index is 644. The average molecular weight is 397 g/mol. The van der Waals surface area contributed by atoms with Crippen molar-refractivity contribution in [3.8, 4) is 0 Å². The van der Waals surface area contributed by atoms with E-state index in [2.05, 4.69) is 5.32 Å². The van der Waals surface area contributed by atoms with E-state index in [4.69, 9.17) is 0 Å². The minimum atomic E-state index is -0.478. The summed E-state index contributed by atoms with van der Waals surface area (Å²) in [5.41, 5.74) is 0.923. The minimum Gasteiger partial charge on any atom is -0.343 e. The summed E-state index contributed by atoms with van der Waals surface area (Å²) in [6, 6.07) is 14.0. The molecule has 1 N–H and O–H groups in total. The molecule has 2 rings (SSSR count). The molecular formula is C17H17FINO. The summed E-state index contributed by atoms with van der Waals surface area (Å²) in [4.78, 5) is 12.5. The van der Waals surface area contributed by atoms with Gasteiger partial charge in [0.05, 0.1) is 11.1 Å². The van der Waals surface area contributed by atoms with Crippen LogP contribution in [0.5, 0.6) is 0 Å². The van der Waals surface area contributed by atoms with E-state index in [9.17, 15) is 9.18 Å². The highest BCUT2D eigenvalue weighted by atomic mass is 127. The van der Waals surface area contributed by atoms with Crippen LogP contribution in [0.1, 0.15) is 36.2 Å². The Morgan fingerprint density at radius 1 is 1.24 bits per heavy atom. The fraction of sp³-hybridized carbons (Fsp3) is 0.235. The molecule has 110 valence electrons. The number of rotatable bonds is 4. The van der Waals surface area contributed by atoms with Crippen molar-refractivity contribution in [2.75, 3.05) is 0 Å². The van der Waals surface area contributed by atoms with Crippen LogP contribution in [0, 0.1) is 9.39 Å². The molecule has 1 amide bonds. The second kappa shape index (κ2) is 6.56. The van der Waals surface area contributed by atoms with Gasteiger partial charge >= 0.3 is 0 Å². The molecule has 0 saturated heterocycles. The smallest absolute Gasteiger partial charge is 0.253 e. The zero-order valence-corrected chi connectivity index (χ0v) is 14.1. The summed E-state index contributed by atoms with van der Waals surface area (Å²) in [5, 5.41) is 3.03. The van der Waals surface area contributed by atoms with Crippen LogP contribution >= 0.6 is 22.6 Å². The third-order valence-corrected chi connectivity index (χ3v) is 4.62. The van der Waals surface area contributed by atoms with Gasteiger partial charge in [-0.15, -0.1) is 0 Å². The number of benzene rings is 2. The van der Waals surface area contributed by atoms with Crippen molar-refractivity contribution in [1.82, 2.24) is 5.32 Å². The number of hydrogen-bond acceptors (Lipinski definition) is 1. The average Bonchev–Trinajstić information content (AvgIpc) is 2.50. The van der Waals surface area contributed by atoms with Crippen LogP contribution in [0.3, 0.4) is 0 Å². The van der Waals surface area contributed by atoms with Gasteiger partial charge in [0.15, 0.2) is 0 Å². The fourth-order valence-electron chi connectivity index (χ4n) is 2.16. The summed E-state index contributed by atoms with van der Waals surface area (Å²) < 4.78 is 14.1. The van der Waals surface area contributed by atoms with E-state index in [-0.39, 0.29) is 5.91 Å². The van der Waals surface area contributed by atoms with Gasteiger partial charge in [0.25, 0.3) is 5.91 Å². The molecule has 0 aliphatic rings. The number of hydrogen-bond donors (Lipinski definition) is 1. The molecule has 0 saturated carbocycles. The van der Waals surface area contributed by atoms with E-state index in [0.29, 0.717) is 5.56 Å². The van der Waals surface area contributed by atoms with Crippen LogP contribution in [0.2, 0.25) is 0 Å². The number of nitrogens with one attached hydrogen (secondary N) is 1. The lowest BCUT2D eigenvalue weighted by atomic mass is 9.89. The van der Waals surface area contributed by atoms with Gasteiger partial charge in [-0.2, -0.15) is 0 Å². The van der Waals surface area contributed by atoms with Gasteiger partial charge in [0, 0.05) is 3.57 Å². The highest BCUT2D eigenvalue weighted by Crippen LogP contribution is 2.25. The van der Waals surface area contributed by atoms with Crippen molar-refractivity contribution in [2.45, 2.75) is 25.8 Å². The lowest BCUT2D eigenvalue weighted by molar-refractivity contribution is 0.0900. The highest BCUT2D eigenvalue weighted by molar-refractivity contribution is 14.1. The number of halogens is 2. The molecule has 0 aliphatic heterocycles. The predicted octanol–water partition coefficient (Wildman–Crippen LogP) is 4.49. The Hall–Kier alpha value is -1.43. The van der Waals surface area contributed by atoms with E-state index >= 15 is 0 Å². The van der Waals surface area contributed by atoms with Crippen molar-refractivity contribution in [1.29, 1.82) is 0 Å². The van der Waals surface area contributed by atoms with Crippen LogP contribution in [0.15, 0.2) is 48.5 Å². The van der Waals surface area contributed by atoms with Crippen LogP contribution in [0.25, 0.3) is 0 Å². The molecule has 21 heavy (non-hydrogen) atoms. The summed E-state index contributed by atoms with van der Waals surface area (Å²) in [6.45, 7) is 4.00. The Labute approximate surface area is 137 Å². The molecule has 0 spiro atoms. The Balaban J connectivity index is 2.30. The third-order valence-electron chi connectivity index (χ3n) is 3.68. The van der Waals surface area contributed by atoms with Crippen molar-refractivity contribution in [3.05, 3.63) is 69.0 Å². The van der Waals surface area contributed by atoms with E-state index in [1.807, 2.05) is 66.8 Å². The SMILES string of the molecule is CCC(C)(NC(=O)c1cc(F)ccc1I)c1ccccc1. The highest BCUT2D eigenvalue weighted by Gasteiger charge is 2.27. The van der Waals surface area contributed by atoms with Crippen LogP contribution in [-0.2, 0) is 5.54 Å². The first-order valence-electron chi connectivity index (χ1n) is 6.79. The van der Waals surface area contributed by atoms with Gasteiger partial charge in [0.2, 0.25) is 0 Å². The van der Waals surface area contributed by atoms with Gasteiger partial charge in [-0.25, -0.2) is 4.39 Å². The van der Waals surface area contributed by atoms with Crippen LogP contribution in [0.4, 0.5) is 4.39 Å². The van der Waals surface area contributed by atoms with Crippen LogP contribution < -0.4 is 5.32 Å². The first kappa shape index (κ1) is 15.9. The third kappa shape index (κ3) is 3.61. The molecule has 2 aromatic rings. The zero-order chi connectivity index (χ0) is 15.5. The quantitative estimate of drug-likeness (QED) is 0.758. The Morgan fingerprint density at radius 3 is 2.52 bits per heavy atom. The van der Waals surface area contributed by atoms with Gasteiger partial charge in [-0.3, -0.25) is 4.79 Å². The van der Waals surface area contributed by atoms with Crippen molar-refractivity contribution in [3.63, 3.8) is 0 Å². The van der Waals surface area contributed by atoms with Crippen molar-refractivity contribution < 1.29 is 9.18 Å². The first-order chi connectivity index (χ1) is 9.96. The zero-order valence-electron chi connectivity index (χ0n) is 12.0. The van der Waals surface area contributed by atoms with Gasteiger partial charge in [-0.1, -0.05) is 37.3 Å². The Kier molecular flexibility index (Phi) is 4.98. The molecule has 2 aromatic carbocycles. The topological polar surface area (TPSA) is 29.1 Å². The van der Waals surface area contributed by atoms with E-state index in [1.165, 1.54) is 12.1 Å². The summed E-state index contributed by atoms with van der Waals surface area (Å²) in [6.07, 6.45) is 0.745. The maximum absolute atomic E-state index is 13.4. The van der Waals surface area contributed by atoms with Crippen molar-refractivity contribution in [2.24, 2.45) is 0 Å². The minimum absolute atomic E-state index is 0.257. The molecule has 0 fully saturated rings. The van der Waals surface area contributed by atoms with E-state index in [0.717, 1.165) is 15.6 Å². The second-order valence-corrected chi connectivity index (χ2v) is 6.29. The lowest BCUT2D eigenvalue weighted by Gasteiger charge is -2.30. The van der Waals surface area contributed by atoms with E-state index < -0.39 is 11.4 Å².